The molecule has 1 saturated heterocycles. The van der Waals surface area contributed by atoms with Gasteiger partial charge >= 0.3 is 0 Å². The highest BCUT2D eigenvalue weighted by molar-refractivity contribution is 9.10. The molecule has 4 nitrogen and oxygen atoms in total. The van der Waals surface area contributed by atoms with Crippen LogP contribution in [0.4, 0.5) is 11.4 Å². The smallest absolute Gasteiger partial charge is 0.171 e. The van der Waals surface area contributed by atoms with Crippen molar-refractivity contribution in [3.05, 3.63) is 22.2 Å². The first-order chi connectivity index (χ1) is 9.67. The van der Waals surface area contributed by atoms with Crippen LogP contribution < -0.4 is 4.90 Å². The number of nitriles is 1. The average Bonchev–Trinajstić information content (AvgIpc) is 3.19. The van der Waals surface area contributed by atoms with Crippen LogP contribution in [0.3, 0.4) is 0 Å². The van der Waals surface area contributed by atoms with Gasteiger partial charge in [0.05, 0.1) is 11.4 Å². The van der Waals surface area contributed by atoms with E-state index in [0.29, 0.717) is 16.7 Å². The molecule has 1 N–H and O–H groups in total. The van der Waals surface area contributed by atoms with Crippen LogP contribution in [-0.4, -0.2) is 24.6 Å². The maximum Gasteiger partial charge on any atom is 0.171 e. The lowest BCUT2D eigenvalue weighted by atomic mass is 9.93. The summed E-state index contributed by atoms with van der Waals surface area (Å²) in [7, 11) is 0. The Morgan fingerprint density at radius 2 is 2.00 bits per heavy atom. The maximum absolute atomic E-state index is 9.41. The van der Waals surface area contributed by atoms with Crippen molar-refractivity contribution < 1.29 is 5.11 Å². The summed E-state index contributed by atoms with van der Waals surface area (Å²) in [6.45, 7) is 1.99. The Balaban J connectivity index is 1.94. The summed E-state index contributed by atoms with van der Waals surface area (Å²) < 4.78 is 0.874. The fraction of sp³-hybridized carbons (Fsp3) is 0.467. The summed E-state index contributed by atoms with van der Waals surface area (Å²) in [6.07, 6.45) is 5.89. The van der Waals surface area contributed by atoms with Gasteiger partial charge in [-0.05, 0) is 43.2 Å². The molecule has 3 rings (SSSR count). The van der Waals surface area contributed by atoms with Crippen LogP contribution in [0.2, 0.25) is 0 Å². The third-order valence-corrected chi connectivity index (χ3v) is 4.95. The first-order valence-electron chi connectivity index (χ1n) is 6.83. The Labute approximate surface area is 126 Å². The minimum absolute atomic E-state index is 0.506. The van der Waals surface area contributed by atoms with Crippen molar-refractivity contribution >= 4 is 33.7 Å². The molecule has 0 radical (unpaired) electrons. The van der Waals surface area contributed by atoms with Crippen molar-refractivity contribution in [3.8, 4) is 6.07 Å². The molecule has 1 saturated carbocycles. The number of hydrogen-bond acceptors (Lipinski definition) is 3. The lowest BCUT2D eigenvalue weighted by molar-refractivity contribution is 0.384. The summed E-state index contributed by atoms with van der Waals surface area (Å²) in [4.78, 5) is 6.15. The van der Waals surface area contributed by atoms with E-state index in [9.17, 15) is 5.26 Å². The Morgan fingerprint density at radius 3 is 2.55 bits per heavy atom. The molecule has 0 bridgehead atoms. The molecular weight excluding hydrogens is 318 g/mol. The highest BCUT2D eigenvalue weighted by atomic mass is 79.9. The normalized spacial score (nSPS) is 20.3. The largest absolute Gasteiger partial charge is 0.499 e. The van der Waals surface area contributed by atoms with Gasteiger partial charge in [-0.15, -0.1) is 0 Å². The molecular formula is C15H16BrN3O. The predicted octanol–water partition coefficient (Wildman–Crippen LogP) is 3.92. The molecule has 1 aliphatic carbocycles. The van der Waals surface area contributed by atoms with E-state index >= 15 is 0 Å². The molecule has 1 aliphatic heterocycles. The number of aliphatic hydroxyl groups excluding tert-OH is 1. The molecule has 2 fully saturated rings. The molecule has 0 unspecified atom stereocenters. The first kappa shape index (κ1) is 13.4. The van der Waals surface area contributed by atoms with Crippen LogP contribution in [0, 0.1) is 16.7 Å². The van der Waals surface area contributed by atoms with Crippen LogP contribution in [0.15, 0.2) is 21.6 Å². The third kappa shape index (κ3) is 2.40. The quantitative estimate of drug-likeness (QED) is 0.659. The number of nitrogens with zero attached hydrogens (tertiary/aromatic N) is 3. The molecule has 5 heteroatoms. The van der Waals surface area contributed by atoms with Gasteiger partial charge in [0.25, 0.3) is 0 Å². The van der Waals surface area contributed by atoms with E-state index < -0.39 is 0 Å². The standard InChI is InChI=1S/C15H16BrN3O/c16-11-7-13(18-10-20)12(9-17)14(8-11)19-5-3-15(1-2-15)4-6-19/h7-8,10H,1-6H2,(H,18,20). The van der Waals surface area contributed by atoms with E-state index in [0.717, 1.165) is 29.7 Å². The van der Waals surface area contributed by atoms with E-state index in [1.54, 1.807) is 6.07 Å². The molecule has 1 aromatic rings. The monoisotopic (exact) mass is 333 g/mol. The minimum Gasteiger partial charge on any atom is -0.499 e. The zero-order valence-electron chi connectivity index (χ0n) is 11.1. The first-order valence-corrected chi connectivity index (χ1v) is 7.62. The van der Waals surface area contributed by atoms with Crippen LogP contribution >= 0.6 is 15.9 Å². The zero-order chi connectivity index (χ0) is 14.2. The van der Waals surface area contributed by atoms with E-state index in [-0.39, 0.29) is 0 Å². The van der Waals surface area contributed by atoms with Crippen LogP contribution in [0.1, 0.15) is 31.2 Å². The van der Waals surface area contributed by atoms with Gasteiger partial charge in [0.2, 0.25) is 0 Å². The van der Waals surface area contributed by atoms with Crippen LogP contribution in [0.5, 0.6) is 0 Å². The summed E-state index contributed by atoms with van der Waals surface area (Å²) >= 11 is 3.46. The van der Waals surface area contributed by atoms with Crippen molar-refractivity contribution in [1.82, 2.24) is 0 Å². The zero-order valence-corrected chi connectivity index (χ0v) is 12.7. The lowest BCUT2D eigenvalue weighted by Crippen LogP contribution is -2.34. The number of benzene rings is 1. The lowest BCUT2D eigenvalue weighted by Gasteiger charge is -2.34. The SMILES string of the molecule is N#Cc1c(N=CO)cc(Br)cc1N1CCC2(CC1)CC2. The minimum atomic E-state index is 0.506. The van der Waals surface area contributed by atoms with Crippen molar-refractivity contribution in [2.24, 2.45) is 10.4 Å². The molecule has 0 aromatic heterocycles. The Kier molecular flexibility index (Phi) is 3.43. The van der Waals surface area contributed by atoms with Crippen LogP contribution in [0.25, 0.3) is 0 Å². The number of aliphatic imine (C=N–C) groups is 1. The Morgan fingerprint density at radius 1 is 1.30 bits per heavy atom. The van der Waals surface area contributed by atoms with E-state index in [2.05, 4.69) is 31.9 Å². The fourth-order valence-corrected chi connectivity index (χ4v) is 3.44. The van der Waals surface area contributed by atoms with E-state index in [1.807, 2.05) is 6.07 Å². The highest BCUT2D eigenvalue weighted by Gasteiger charge is 2.44. The number of halogens is 1. The second-order valence-corrected chi connectivity index (χ2v) is 6.58. The van der Waals surface area contributed by atoms with Crippen LogP contribution in [-0.2, 0) is 0 Å². The fourth-order valence-electron chi connectivity index (χ4n) is 3.01. The van der Waals surface area contributed by atoms with Gasteiger partial charge in [-0.1, -0.05) is 15.9 Å². The number of anilines is 1. The van der Waals surface area contributed by atoms with E-state index in [1.165, 1.54) is 25.7 Å². The summed E-state index contributed by atoms with van der Waals surface area (Å²) in [5, 5.41) is 18.3. The molecule has 1 aromatic carbocycles. The molecule has 0 amide bonds. The third-order valence-electron chi connectivity index (χ3n) is 4.49. The van der Waals surface area contributed by atoms with Gasteiger partial charge in [0, 0.05) is 17.6 Å². The van der Waals surface area contributed by atoms with Gasteiger partial charge < -0.3 is 10.0 Å². The van der Waals surface area contributed by atoms with Gasteiger partial charge in [0.15, 0.2) is 6.40 Å². The van der Waals surface area contributed by atoms with Crippen molar-refractivity contribution in [2.75, 3.05) is 18.0 Å². The average molecular weight is 334 g/mol. The Hall–Kier alpha value is -1.54. The number of hydrogen-bond donors (Lipinski definition) is 1. The summed E-state index contributed by atoms with van der Waals surface area (Å²) in [5.41, 5.74) is 2.57. The van der Waals surface area contributed by atoms with Gasteiger partial charge in [0.1, 0.15) is 11.6 Å². The molecule has 0 atom stereocenters. The molecule has 104 valence electrons. The number of aliphatic hydroxyl groups is 1. The van der Waals surface area contributed by atoms with Gasteiger partial charge in [-0.3, -0.25) is 0 Å². The summed E-state index contributed by atoms with van der Waals surface area (Å²) in [6, 6.07) is 5.95. The molecule has 20 heavy (non-hydrogen) atoms. The topological polar surface area (TPSA) is 59.6 Å². The summed E-state index contributed by atoms with van der Waals surface area (Å²) in [5.74, 6) is 0. The molecule has 2 aliphatic rings. The van der Waals surface area contributed by atoms with Gasteiger partial charge in [-0.2, -0.15) is 5.26 Å². The molecule has 1 spiro atoms. The second-order valence-electron chi connectivity index (χ2n) is 5.66. The van der Waals surface area contributed by atoms with Crippen molar-refractivity contribution in [1.29, 1.82) is 5.26 Å². The Bertz CT molecular complexity index is 592. The van der Waals surface area contributed by atoms with Crippen molar-refractivity contribution in [3.63, 3.8) is 0 Å². The van der Waals surface area contributed by atoms with Gasteiger partial charge in [-0.25, -0.2) is 4.99 Å². The van der Waals surface area contributed by atoms with Crippen molar-refractivity contribution in [2.45, 2.75) is 25.7 Å². The number of piperidine rings is 1. The maximum atomic E-state index is 9.41. The number of rotatable bonds is 2. The predicted molar refractivity (Wildman–Crippen MR) is 82.8 cm³/mol. The molecule has 1 heterocycles. The highest BCUT2D eigenvalue weighted by Crippen LogP contribution is 2.54. The van der Waals surface area contributed by atoms with E-state index in [4.69, 9.17) is 5.11 Å². The second kappa shape index (κ2) is 5.10.